The maximum atomic E-state index is 12.6. The lowest BCUT2D eigenvalue weighted by molar-refractivity contribution is -0.124. The number of rotatable bonds is 6. The molecule has 0 aromatic heterocycles. The Morgan fingerprint density at radius 2 is 1.74 bits per heavy atom. The molecule has 6 heteroatoms. The lowest BCUT2D eigenvalue weighted by Crippen LogP contribution is -2.49. The number of hydrogen-bond acceptors (Lipinski definition) is 3. The largest absolute Gasteiger partial charge is 0.488 e. The van der Waals surface area contributed by atoms with E-state index in [-0.39, 0.29) is 18.0 Å². The van der Waals surface area contributed by atoms with Crippen LogP contribution in [0.2, 0.25) is 0 Å². The zero-order valence-electron chi connectivity index (χ0n) is 15.4. The second-order valence-electron chi connectivity index (χ2n) is 6.54. The Morgan fingerprint density at radius 3 is 2.41 bits per heavy atom. The topological polar surface area (TPSA) is 70.7 Å². The van der Waals surface area contributed by atoms with E-state index in [0.29, 0.717) is 19.5 Å². The average Bonchev–Trinajstić information content (AvgIpc) is 3.13. The minimum Gasteiger partial charge on any atom is -0.488 e. The van der Waals surface area contributed by atoms with Crippen LogP contribution in [0.4, 0.5) is 4.79 Å². The highest BCUT2D eigenvalue weighted by Gasteiger charge is 2.40. The van der Waals surface area contributed by atoms with Gasteiger partial charge in [-0.15, -0.1) is 0 Å². The molecule has 1 heterocycles. The first-order chi connectivity index (χ1) is 13.2. The molecule has 1 fully saturated rings. The molecule has 0 radical (unpaired) electrons. The molecular weight excluding hydrogens is 342 g/mol. The predicted molar refractivity (Wildman–Crippen MR) is 104 cm³/mol. The second-order valence-corrected chi connectivity index (χ2v) is 6.54. The first kappa shape index (κ1) is 18.8. The van der Waals surface area contributed by atoms with Crippen molar-refractivity contribution in [2.24, 2.45) is 0 Å². The number of likely N-dealkylation sites (tertiary alicyclic amines) is 1. The van der Waals surface area contributed by atoms with Crippen molar-refractivity contribution < 1.29 is 14.3 Å². The Labute approximate surface area is 159 Å². The van der Waals surface area contributed by atoms with E-state index in [4.69, 9.17) is 4.74 Å². The summed E-state index contributed by atoms with van der Waals surface area (Å²) in [5.41, 5.74) is 1.16. The zero-order valence-corrected chi connectivity index (χ0v) is 15.4. The summed E-state index contributed by atoms with van der Waals surface area (Å²) in [5.74, 6) is 0.567. The minimum atomic E-state index is -0.527. The molecule has 0 unspecified atom stereocenters. The van der Waals surface area contributed by atoms with Gasteiger partial charge < -0.3 is 20.3 Å². The molecule has 2 N–H and O–H groups in total. The fourth-order valence-corrected chi connectivity index (χ4v) is 3.27. The summed E-state index contributed by atoms with van der Waals surface area (Å²) in [5, 5.41) is 5.56. The summed E-state index contributed by atoms with van der Waals surface area (Å²) in [6.45, 7) is 0.897. The van der Waals surface area contributed by atoms with Crippen molar-refractivity contribution >= 4 is 11.9 Å². The lowest BCUT2D eigenvalue weighted by atomic mass is 10.1. The molecule has 3 rings (SSSR count). The van der Waals surface area contributed by atoms with Crippen molar-refractivity contribution in [1.29, 1.82) is 0 Å². The average molecular weight is 367 g/mol. The Bertz CT molecular complexity index is 752. The van der Waals surface area contributed by atoms with E-state index in [2.05, 4.69) is 10.6 Å². The smallest absolute Gasteiger partial charge is 0.318 e. The quantitative estimate of drug-likeness (QED) is 0.822. The lowest BCUT2D eigenvalue weighted by Gasteiger charge is -2.23. The van der Waals surface area contributed by atoms with Gasteiger partial charge in [0.1, 0.15) is 17.9 Å². The Morgan fingerprint density at radius 1 is 1.07 bits per heavy atom. The molecule has 1 aliphatic heterocycles. The number of carbonyl (C=O) groups is 2. The molecule has 6 nitrogen and oxygen atoms in total. The third-order valence-electron chi connectivity index (χ3n) is 4.65. The standard InChI is InChI=1S/C21H25N3O3/c1-22-20(25)19-14-18(27-17-10-6-3-7-11-17)15-24(19)21(26)23-13-12-16-8-4-2-5-9-16/h2-11,18-19H,12-15H2,1H3,(H,22,25)(H,23,26)/t18-,19+/m0/s1. The predicted octanol–water partition coefficient (Wildman–Crippen LogP) is 2.21. The molecule has 0 saturated carbocycles. The molecule has 0 bridgehead atoms. The van der Waals surface area contributed by atoms with Crippen LogP contribution in [0.5, 0.6) is 5.75 Å². The Kier molecular flexibility index (Phi) is 6.30. The van der Waals surface area contributed by atoms with Gasteiger partial charge >= 0.3 is 6.03 Å². The van der Waals surface area contributed by atoms with Crippen molar-refractivity contribution in [3.63, 3.8) is 0 Å². The second kappa shape index (κ2) is 9.07. The van der Waals surface area contributed by atoms with Crippen LogP contribution in [-0.2, 0) is 11.2 Å². The molecule has 27 heavy (non-hydrogen) atoms. The molecule has 3 amide bonds. The molecule has 0 aliphatic carbocycles. The van der Waals surface area contributed by atoms with Gasteiger partial charge in [0.15, 0.2) is 0 Å². The number of carbonyl (C=O) groups excluding carboxylic acids is 2. The van der Waals surface area contributed by atoms with Crippen molar-refractivity contribution in [2.75, 3.05) is 20.1 Å². The van der Waals surface area contributed by atoms with Crippen molar-refractivity contribution in [1.82, 2.24) is 15.5 Å². The highest BCUT2D eigenvalue weighted by molar-refractivity contribution is 5.87. The number of hydrogen-bond donors (Lipinski definition) is 2. The summed E-state index contributed by atoms with van der Waals surface area (Å²) in [7, 11) is 1.58. The number of amides is 3. The summed E-state index contributed by atoms with van der Waals surface area (Å²) in [6.07, 6.45) is 1.00. The van der Waals surface area contributed by atoms with Crippen LogP contribution in [0, 0.1) is 0 Å². The van der Waals surface area contributed by atoms with Crippen LogP contribution in [0.15, 0.2) is 60.7 Å². The number of para-hydroxylation sites is 1. The summed E-state index contributed by atoms with van der Waals surface area (Å²) >= 11 is 0. The molecule has 1 aliphatic rings. The molecule has 142 valence electrons. The normalized spacial score (nSPS) is 18.8. The van der Waals surface area contributed by atoms with Gasteiger partial charge in [0, 0.05) is 20.0 Å². The van der Waals surface area contributed by atoms with Crippen molar-refractivity contribution in [3.8, 4) is 5.75 Å². The van der Waals surface area contributed by atoms with E-state index < -0.39 is 6.04 Å². The Hall–Kier alpha value is -3.02. The molecule has 2 aromatic carbocycles. The minimum absolute atomic E-state index is 0.174. The van der Waals surface area contributed by atoms with E-state index >= 15 is 0 Å². The van der Waals surface area contributed by atoms with Gasteiger partial charge in [-0.25, -0.2) is 4.79 Å². The van der Waals surface area contributed by atoms with Gasteiger partial charge in [-0.1, -0.05) is 48.5 Å². The van der Waals surface area contributed by atoms with Crippen LogP contribution in [-0.4, -0.2) is 49.1 Å². The monoisotopic (exact) mass is 367 g/mol. The number of nitrogens with one attached hydrogen (secondary N) is 2. The van der Waals surface area contributed by atoms with Crippen LogP contribution in [0.3, 0.4) is 0 Å². The van der Waals surface area contributed by atoms with Gasteiger partial charge in [-0.3, -0.25) is 4.79 Å². The number of likely N-dealkylation sites (N-methyl/N-ethyl adjacent to an activating group) is 1. The fourth-order valence-electron chi connectivity index (χ4n) is 3.27. The number of urea groups is 1. The van der Waals surface area contributed by atoms with Crippen LogP contribution in [0.25, 0.3) is 0 Å². The van der Waals surface area contributed by atoms with E-state index in [1.165, 1.54) is 0 Å². The third kappa shape index (κ3) is 5.00. The fraction of sp³-hybridized carbons (Fsp3) is 0.333. The number of ether oxygens (including phenoxy) is 1. The van der Waals surface area contributed by atoms with Gasteiger partial charge in [0.05, 0.1) is 6.54 Å². The van der Waals surface area contributed by atoms with E-state index in [9.17, 15) is 9.59 Å². The SMILES string of the molecule is CNC(=O)[C@H]1C[C@H](Oc2ccccc2)CN1C(=O)NCCc1ccccc1. The summed E-state index contributed by atoms with van der Waals surface area (Å²) < 4.78 is 5.95. The maximum Gasteiger partial charge on any atom is 0.318 e. The number of nitrogens with zero attached hydrogens (tertiary/aromatic N) is 1. The summed E-state index contributed by atoms with van der Waals surface area (Å²) in [4.78, 5) is 26.4. The van der Waals surface area contributed by atoms with Crippen LogP contribution >= 0.6 is 0 Å². The highest BCUT2D eigenvalue weighted by atomic mass is 16.5. The van der Waals surface area contributed by atoms with Gasteiger partial charge in [0.2, 0.25) is 5.91 Å². The van der Waals surface area contributed by atoms with Crippen LogP contribution < -0.4 is 15.4 Å². The maximum absolute atomic E-state index is 12.6. The van der Waals surface area contributed by atoms with E-state index in [1.807, 2.05) is 60.7 Å². The molecule has 0 spiro atoms. The number of benzene rings is 2. The molecular formula is C21H25N3O3. The Balaban J connectivity index is 1.58. The first-order valence-corrected chi connectivity index (χ1v) is 9.19. The van der Waals surface area contributed by atoms with Gasteiger partial charge in [0.25, 0.3) is 0 Å². The van der Waals surface area contributed by atoms with Crippen molar-refractivity contribution in [2.45, 2.75) is 25.0 Å². The van der Waals surface area contributed by atoms with Crippen LogP contribution in [0.1, 0.15) is 12.0 Å². The zero-order chi connectivity index (χ0) is 19.1. The first-order valence-electron chi connectivity index (χ1n) is 9.19. The third-order valence-corrected chi connectivity index (χ3v) is 4.65. The molecule has 2 aromatic rings. The van der Waals surface area contributed by atoms with Crippen molar-refractivity contribution in [3.05, 3.63) is 66.2 Å². The van der Waals surface area contributed by atoms with Gasteiger partial charge in [-0.2, -0.15) is 0 Å². The highest BCUT2D eigenvalue weighted by Crippen LogP contribution is 2.23. The molecule has 1 saturated heterocycles. The van der Waals surface area contributed by atoms with E-state index in [1.54, 1.807) is 11.9 Å². The summed E-state index contributed by atoms with van der Waals surface area (Å²) in [6, 6.07) is 18.7. The van der Waals surface area contributed by atoms with Gasteiger partial charge in [-0.05, 0) is 24.1 Å². The van der Waals surface area contributed by atoms with E-state index in [0.717, 1.165) is 17.7 Å². The molecule has 2 atom stereocenters.